The molecule has 0 saturated carbocycles. The van der Waals surface area contributed by atoms with E-state index in [2.05, 4.69) is 13.8 Å². The highest BCUT2D eigenvalue weighted by Gasteiger charge is 2.21. The van der Waals surface area contributed by atoms with Crippen LogP contribution in [-0.4, -0.2) is 17.3 Å². The van der Waals surface area contributed by atoms with Crippen molar-refractivity contribution in [1.29, 1.82) is 0 Å². The number of hydrogen-bond acceptors (Lipinski definition) is 2. The minimum atomic E-state index is -0.303. The third-order valence-electron chi connectivity index (χ3n) is 2.59. The van der Waals surface area contributed by atoms with Crippen molar-refractivity contribution in [3.05, 3.63) is 0 Å². The average Bonchev–Trinajstić information content (AvgIpc) is 2.13. The van der Waals surface area contributed by atoms with Crippen LogP contribution in [0.15, 0.2) is 0 Å². The van der Waals surface area contributed by atoms with Gasteiger partial charge in [-0.15, -0.1) is 0 Å². The van der Waals surface area contributed by atoms with Crippen LogP contribution in [0.2, 0.25) is 0 Å². The first kappa shape index (κ1) is 12.9. The molecule has 0 aromatic heterocycles. The Kier molecular flexibility index (Phi) is 7.29. The Hall–Kier alpha value is -0.0800. The zero-order valence-corrected chi connectivity index (χ0v) is 9.18. The minimum absolute atomic E-state index is 0.132. The second kappa shape index (κ2) is 7.34. The zero-order valence-electron chi connectivity index (χ0n) is 9.18. The largest absolute Gasteiger partial charge is 0.394 e. The van der Waals surface area contributed by atoms with Crippen molar-refractivity contribution in [3.8, 4) is 0 Å². The molecule has 13 heavy (non-hydrogen) atoms. The lowest BCUT2D eigenvalue weighted by Crippen LogP contribution is -2.43. The van der Waals surface area contributed by atoms with Crippen molar-refractivity contribution >= 4 is 0 Å². The van der Waals surface area contributed by atoms with Gasteiger partial charge in [-0.3, -0.25) is 0 Å². The van der Waals surface area contributed by atoms with Crippen molar-refractivity contribution in [1.82, 2.24) is 0 Å². The molecular formula is C11H25NO. The number of rotatable bonds is 8. The number of aliphatic hydroxyl groups excluding tert-OH is 1. The van der Waals surface area contributed by atoms with Crippen LogP contribution < -0.4 is 5.73 Å². The van der Waals surface area contributed by atoms with E-state index in [0.717, 1.165) is 25.7 Å². The predicted molar refractivity (Wildman–Crippen MR) is 57.7 cm³/mol. The quantitative estimate of drug-likeness (QED) is 0.573. The van der Waals surface area contributed by atoms with Gasteiger partial charge in [0, 0.05) is 5.54 Å². The highest BCUT2D eigenvalue weighted by atomic mass is 16.3. The number of nitrogens with two attached hydrogens (primary N) is 1. The highest BCUT2D eigenvalue weighted by Crippen LogP contribution is 2.17. The van der Waals surface area contributed by atoms with Gasteiger partial charge in [0.2, 0.25) is 0 Å². The molecule has 0 bridgehead atoms. The van der Waals surface area contributed by atoms with E-state index in [0.29, 0.717) is 0 Å². The highest BCUT2D eigenvalue weighted by molar-refractivity contribution is 4.82. The van der Waals surface area contributed by atoms with Gasteiger partial charge in [-0.2, -0.15) is 0 Å². The molecule has 0 aromatic rings. The van der Waals surface area contributed by atoms with Crippen LogP contribution in [0.3, 0.4) is 0 Å². The third-order valence-corrected chi connectivity index (χ3v) is 2.59. The lowest BCUT2D eigenvalue weighted by molar-refractivity contribution is 0.174. The Morgan fingerprint density at radius 2 is 1.69 bits per heavy atom. The van der Waals surface area contributed by atoms with Crippen LogP contribution in [0, 0.1) is 0 Å². The summed E-state index contributed by atoms with van der Waals surface area (Å²) in [5.41, 5.74) is 5.74. The first-order valence-electron chi connectivity index (χ1n) is 5.58. The summed E-state index contributed by atoms with van der Waals surface area (Å²) in [5.74, 6) is 0. The van der Waals surface area contributed by atoms with Crippen LogP contribution >= 0.6 is 0 Å². The Morgan fingerprint density at radius 1 is 1.00 bits per heavy atom. The summed E-state index contributed by atoms with van der Waals surface area (Å²) in [7, 11) is 0. The molecule has 0 spiro atoms. The Labute approximate surface area is 82.5 Å². The number of unbranched alkanes of at least 4 members (excludes halogenated alkanes) is 3. The normalized spacial score (nSPS) is 15.7. The molecule has 0 aliphatic heterocycles. The summed E-state index contributed by atoms with van der Waals surface area (Å²) in [6.07, 6.45) is 7.92. The maximum absolute atomic E-state index is 9.15. The summed E-state index contributed by atoms with van der Waals surface area (Å²) >= 11 is 0. The first-order valence-corrected chi connectivity index (χ1v) is 5.58. The SMILES string of the molecule is CCCCCCC(N)(CO)CCC. The van der Waals surface area contributed by atoms with E-state index < -0.39 is 0 Å². The molecular weight excluding hydrogens is 162 g/mol. The summed E-state index contributed by atoms with van der Waals surface area (Å²) in [5, 5.41) is 9.15. The van der Waals surface area contributed by atoms with Crippen LogP contribution in [0.25, 0.3) is 0 Å². The van der Waals surface area contributed by atoms with Crippen LogP contribution in [-0.2, 0) is 0 Å². The lowest BCUT2D eigenvalue weighted by atomic mass is 9.89. The van der Waals surface area contributed by atoms with Crippen LogP contribution in [0.5, 0.6) is 0 Å². The second-order valence-corrected chi connectivity index (χ2v) is 4.08. The molecule has 0 saturated heterocycles. The third kappa shape index (κ3) is 6.05. The van der Waals surface area contributed by atoms with Crippen LogP contribution in [0.1, 0.15) is 58.8 Å². The topological polar surface area (TPSA) is 46.2 Å². The van der Waals surface area contributed by atoms with E-state index in [1.807, 2.05) is 0 Å². The molecule has 0 aromatic carbocycles. The fraction of sp³-hybridized carbons (Fsp3) is 1.00. The van der Waals surface area contributed by atoms with Gasteiger partial charge in [0.05, 0.1) is 6.61 Å². The number of hydrogen-bond donors (Lipinski definition) is 2. The molecule has 0 aliphatic carbocycles. The van der Waals surface area contributed by atoms with E-state index >= 15 is 0 Å². The van der Waals surface area contributed by atoms with Crippen molar-refractivity contribution in [2.75, 3.05) is 6.61 Å². The molecule has 0 fully saturated rings. The molecule has 2 nitrogen and oxygen atoms in total. The van der Waals surface area contributed by atoms with Gasteiger partial charge >= 0.3 is 0 Å². The van der Waals surface area contributed by atoms with E-state index in [9.17, 15) is 0 Å². The molecule has 0 heterocycles. The molecule has 3 N–H and O–H groups in total. The monoisotopic (exact) mass is 187 g/mol. The molecule has 0 rings (SSSR count). The summed E-state index contributed by atoms with van der Waals surface area (Å²) < 4.78 is 0. The van der Waals surface area contributed by atoms with Crippen molar-refractivity contribution in [2.24, 2.45) is 5.73 Å². The van der Waals surface area contributed by atoms with Crippen molar-refractivity contribution in [2.45, 2.75) is 64.3 Å². The Bertz CT molecular complexity index is 117. The van der Waals surface area contributed by atoms with Gasteiger partial charge < -0.3 is 10.8 Å². The van der Waals surface area contributed by atoms with E-state index in [1.165, 1.54) is 19.3 Å². The first-order chi connectivity index (χ1) is 6.18. The van der Waals surface area contributed by atoms with E-state index in [1.54, 1.807) is 0 Å². The maximum Gasteiger partial charge on any atom is 0.0611 e. The molecule has 0 aliphatic rings. The van der Waals surface area contributed by atoms with Gasteiger partial charge in [-0.1, -0.05) is 46.0 Å². The molecule has 1 unspecified atom stereocenters. The van der Waals surface area contributed by atoms with Crippen molar-refractivity contribution < 1.29 is 5.11 Å². The molecule has 1 atom stereocenters. The zero-order chi connectivity index (χ0) is 10.2. The molecule has 0 amide bonds. The fourth-order valence-electron chi connectivity index (χ4n) is 1.68. The standard InChI is InChI=1S/C11H25NO/c1-3-5-6-7-9-11(12,10-13)8-4-2/h13H,3-10,12H2,1-2H3. The van der Waals surface area contributed by atoms with Crippen molar-refractivity contribution in [3.63, 3.8) is 0 Å². The lowest BCUT2D eigenvalue weighted by Gasteiger charge is -2.26. The summed E-state index contributed by atoms with van der Waals surface area (Å²) in [4.78, 5) is 0. The minimum Gasteiger partial charge on any atom is -0.394 e. The molecule has 0 radical (unpaired) electrons. The smallest absolute Gasteiger partial charge is 0.0611 e. The Morgan fingerprint density at radius 3 is 2.15 bits per heavy atom. The number of aliphatic hydroxyl groups is 1. The van der Waals surface area contributed by atoms with Gasteiger partial charge in [-0.05, 0) is 12.8 Å². The van der Waals surface area contributed by atoms with Gasteiger partial charge in [0.15, 0.2) is 0 Å². The van der Waals surface area contributed by atoms with Gasteiger partial charge in [0.25, 0.3) is 0 Å². The Balaban J connectivity index is 3.57. The predicted octanol–water partition coefficient (Wildman–Crippen LogP) is 2.45. The summed E-state index contributed by atoms with van der Waals surface area (Å²) in [6.45, 7) is 4.45. The molecule has 80 valence electrons. The second-order valence-electron chi connectivity index (χ2n) is 4.08. The molecule has 2 heteroatoms. The van der Waals surface area contributed by atoms with Crippen LogP contribution in [0.4, 0.5) is 0 Å². The van der Waals surface area contributed by atoms with E-state index in [-0.39, 0.29) is 12.1 Å². The summed E-state index contributed by atoms with van der Waals surface area (Å²) in [6, 6.07) is 0. The van der Waals surface area contributed by atoms with Gasteiger partial charge in [0.1, 0.15) is 0 Å². The maximum atomic E-state index is 9.15. The average molecular weight is 187 g/mol. The fourth-order valence-corrected chi connectivity index (χ4v) is 1.68. The van der Waals surface area contributed by atoms with Gasteiger partial charge in [-0.25, -0.2) is 0 Å². The van der Waals surface area contributed by atoms with E-state index in [4.69, 9.17) is 10.8 Å².